The molecule has 0 bridgehead atoms. The van der Waals surface area contributed by atoms with Crippen molar-refractivity contribution < 1.29 is 8.42 Å². The summed E-state index contributed by atoms with van der Waals surface area (Å²) in [6.45, 7) is 9.85. The molecular formula is C15H31N3O2S2. The maximum absolute atomic E-state index is 12.1. The predicted octanol–water partition coefficient (Wildman–Crippen LogP) is 1.99. The number of nitrogens with one attached hydrogen (secondary N) is 1. The van der Waals surface area contributed by atoms with Gasteiger partial charge in [-0.05, 0) is 32.9 Å². The van der Waals surface area contributed by atoms with Crippen LogP contribution < -0.4 is 5.32 Å². The molecule has 0 aromatic carbocycles. The fourth-order valence-corrected chi connectivity index (χ4v) is 4.92. The molecule has 5 nitrogen and oxygen atoms in total. The van der Waals surface area contributed by atoms with Gasteiger partial charge in [-0.1, -0.05) is 13.8 Å². The van der Waals surface area contributed by atoms with E-state index in [1.807, 2.05) is 11.8 Å². The highest BCUT2D eigenvalue weighted by Crippen LogP contribution is 2.30. The van der Waals surface area contributed by atoms with Gasteiger partial charge in [0.05, 0.1) is 10.5 Å². The minimum atomic E-state index is -3.02. The van der Waals surface area contributed by atoms with E-state index in [0.717, 1.165) is 25.3 Å². The number of aliphatic imine (C=N–C) groups is 1. The van der Waals surface area contributed by atoms with Crippen LogP contribution in [-0.4, -0.2) is 67.5 Å². The number of sulfone groups is 1. The van der Waals surface area contributed by atoms with Crippen molar-refractivity contribution in [1.29, 1.82) is 0 Å². The summed E-state index contributed by atoms with van der Waals surface area (Å²) in [6.07, 6.45) is 4.33. The Bertz CT molecular complexity index is 489. The molecule has 1 saturated heterocycles. The van der Waals surface area contributed by atoms with Crippen LogP contribution in [0.25, 0.3) is 0 Å². The summed E-state index contributed by atoms with van der Waals surface area (Å²) >= 11 is 1.88. The third-order valence-electron chi connectivity index (χ3n) is 4.85. The van der Waals surface area contributed by atoms with Gasteiger partial charge in [0.15, 0.2) is 15.8 Å². The lowest BCUT2D eigenvalue weighted by Crippen LogP contribution is -2.58. The Balaban J connectivity index is 2.79. The second kappa shape index (κ2) is 7.43. The molecule has 0 unspecified atom stereocenters. The molecule has 1 rings (SSSR count). The molecule has 0 radical (unpaired) electrons. The molecule has 0 atom stereocenters. The number of hydrogen-bond donors (Lipinski definition) is 1. The zero-order valence-corrected chi connectivity index (χ0v) is 16.4. The van der Waals surface area contributed by atoms with Crippen molar-refractivity contribution >= 4 is 27.6 Å². The lowest BCUT2D eigenvalue weighted by atomic mass is 10.0. The monoisotopic (exact) mass is 349 g/mol. The summed E-state index contributed by atoms with van der Waals surface area (Å²) < 4.78 is 23.7. The van der Waals surface area contributed by atoms with Crippen molar-refractivity contribution in [3.05, 3.63) is 0 Å². The van der Waals surface area contributed by atoms with E-state index in [1.165, 1.54) is 0 Å². The van der Waals surface area contributed by atoms with Crippen LogP contribution >= 0.6 is 11.8 Å². The molecule has 0 aromatic heterocycles. The fourth-order valence-electron chi connectivity index (χ4n) is 2.76. The quantitative estimate of drug-likeness (QED) is 0.607. The summed E-state index contributed by atoms with van der Waals surface area (Å²) in [6, 6.07) is 0. The third-order valence-corrected chi connectivity index (χ3v) is 8.97. The SMILES string of the molecule is CCC(CC)(CNC(=NC)N1CCS(=O)(=O)C(C)(C)C1)SC. The standard InChI is InChI=1S/C15H31N3O2S2/c1-7-15(8-2,21-6)11-17-13(16-5)18-9-10-22(19,20)14(3,4)12-18/h7-12H2,1-6H3,(H,16,17). The maximum atomic E-state index is 12.1. The lowest BCUT2D eigenvalue weighted by Gasteiger charge is -2.40. The van der Waals surface area contributed by atoms with E-state index in [1.54, 1.807) is 20.9 Å². The average Bonchev–Trinajstić information content (AvgIpc) is 2.48. The number of rotatable bonds is 5. The first-order chi connectivity index (χ1) is 10.2. The van der Waals surface area contributed by atoms with E-state index in [4.69, 9.17) is 0 Å². The normalized spacial score (nSPS) is 21.7. The Kier molecular flexibility index (Phi) is 6.62. The molecule has 0 saturated carbocycles. The largest absolute Gasteiger partial charge is 0.355 e. The first kappa shape index (κ1) is 19.6. The van der Waals surface area contributed by atoms with Gasteiger partial charge in [0.1, 0.15) is 0 Å². The Morgan fingerprint density at radius 2 is 1.95 bits per heavy atom. The van der Waals surface area contributed by atoms with Gasteiger partial charge < -0.3 is 10.2 Å². The zero-order chi connectivity index (χ0) is 17.0. The smallest absolute Gasteiger partial charge is 0.193 e. The first-order valence-corrected chi connectivity index (χ1v) is 10.8. The molecule has 1 fully saturated rings. The van der Waals surface area contributed by atoms with Crippen LogP contribution in [0.4, 0.5) is 0 Å². The zero-order valence-electron chi connectivity index (χ0n) is 14.8. The van der Waals surface area contributed by atoms with E-state index in [9.17, 15) is 8.42 Å². The van der Waals surface area contributed by atoms with Gasteiger partial charge in [0.25, 0.3) is 0 Å². The highest BCUT2D eigenvalue weighted by molar-refractivity contribution is 8.00. The summed E-state index contributed by atoms with van der Waals surface area (Å²) in [7, 11) is -1.26. The molecule has 130 valence electrons. The lowest BCUT2D eigenvalue weighted by molar-refractivity contribution is 0.350. The van der Waals surface area contributed by atoms with E-state index >= 15 is 0 Å². The fraction of sp³-hybridized carbons (Fsp3) is 0.933. The average molecular weight is 350 g/mol. The number of hydrogen-bond acceptors (Lipinski definition) is 4. The Morgan fingerprint density at radius 3 is 2.36 bits per heavy atom. The minimum Gasteiger partial charge on any atom is -0.355 e. The summed E-state index contributed by atoms with van der Waals surface area (Å²) in [5, 5.41) is 3.46. The molecule has 0 spiro atoms. The van der Waals surface area contributed by atoms with Crippen molar-refractivity contribution in [2.24, 2.45) is 4.99 Å². The highest BCUT2D eigenvalue weighted by atomic mass is 32.2. The van der Waals surface area contributed by atoms with Crippen LogP contribution in [0, 0.1) is 0 Å². The number of nitrogens with zero attached hydrogens (tertiary/aromatic N) is 2. The van der Waals surface area contributed by atoms with Gasteiger partial charge in [-0.2, -0.15) is 11.8 Å². The Morgan fingerprint density at radius 1 is 1.36 bits per heavy atom. The highest BCUT2D eigenvalue weighted by Gasteiger charge is 2.41. The second-order valence-corrected chi connectivity index (χ2v) is 10.5. The topological polar surface area (TPSA) is 61.8 Å². The summed E-state index contributed by atoms with van der Waals surface area (Å²) in [5.74, 6) is 0.999. The maximum Gasteiger partial charge on any atom is 0.193 e. The van der Waals surface area contributed by atoms with Crippen molar-refractivity contribution in [3.63, 3.8) is 0 Å². The van der Waals surface area contributed by atoms with Crippen LogP contribution in [0.3, 0.4) is 0 Å². The second-order valence-electron chi connectivity index (χ2n) is 6.50. The molecule has 0 aromatic rings. The predicted molar refractivity (Wildman–Crippen MR) is 97.6 cm³/mol. The summed E-state index contributed by atoms with van der Waals surface area (Å²) in [4.78, 5) is 6.43. The van der Waals surface area contributed by atoms with Gasteiger partial charge in [-0.3, -0.25) is 4.99 Å². The molecular weight excluding hydrogens is 318 g/mol. The van der Waals surface area contributed by atoms with Gasteiger partial charge in [0.2, 0.25) is 0 Å². The van der Waals surface area contributed by atoms with Crippen LogP contribution in [0.15, 0.2) is 4.99 Å². The van der Waals surface area contributed by atoms with Crippen LogP contribution in [0.5, 0.6) is 0 Å². The van der Waals surface area contributed by atoms with Crippen LogP contribution in [-0.2, 0) is 9.84 Å². The van der Waals surface area contributed by atoms with Crippen molar-refractivity contribution in [2.45, 2.75) is 50.0 Å². The van der Waals surface area contributed by atoms with Crippen molar-refractivity contribution in [3.8, 4) is 0 Å². The number of thioether (sulfide) groups is 1. The van der Waals surface area contributed by atoms with Gasteiger partial charge in [0, 0.05) is 31.4 Å². The first-order valence-electron chi connectivity index (χ1n) is 7.90. The number of guanidine groups is 1. The van der Waals surface area contributed by atoms with Gasteiger partial charge in [-0.25, -0.2) is 8.42 Å². The van der Waals surface area contributed by atoms with Gasteiger partial charge in [-0.15, -0.1) is 0 Å². The van der Waals surface area contributed by atoms with Crippen molar-refractivity contribution in [2.75, 3.05) is 38.7 Å². The third kappa shape index (κ3) is 4.10. The molecule has 0 aliphatic carbocycles. The Hall–Kier alpha value is -0.430. The minimum absolute atomic E-state index is 0.190. The van der Waals surface area contributed by atoms with Crippen molar-refractivity contribution in [1.82, 2.24) is 10.2 Å². The Labute approximate surface area is 140 Å². The van der Waals surface area contributed by atoms with E-state index in [-0.39, 0.29) is 10.5 Å². The summed E-state index contributed by atoms with van der Waals surface area (Å²) in [5.41, 5.74) is 0. The molecule has 22 heavy (non-hydrogen) atoms. The molecule has 1 aliphatic rings. The molecule has 7 heteroatoms. The molecule has 0 amide bonds. The molecule has 1 heterocycles. The van der Waals surface area contributed by atoms with E-state index in [0.29, 0.717) is 13.1 Å². The van der Waals surface area contributed by atoms with Gasteiger partial charge >= 0.3 is 0 Å². The molecule has 1 aliphatic heterocycles. The van der Waals surface area contributed by atoms with E-state index in [2.05, 4.69) is 35.3 Å². The molecule has 1 N–H and O–H groups in total. The van der Waals surface area contributed by atoms with E-state index < -0.39 is 14.6 Å². The van der Waals surface area contributed by atoms with Crippen LogP contribution in [0.2, 0.25) is 0 Å². The van der Waals surface area contributed by atoms with Crippen LogP contribution in [0.1, 0.15) is 40.5 Å².